The van der Waals surface area contributed by atoms with Gasteiger partial charge in [0.1, 0.15) is 28.5 Å². The van der Waals surface area contributed by atoms with Gasteiger partial charge in [0.15, 0.2) is 11.5 Å². The summed E-state index contributed by atoms with van der Waals surface area (Å²) in [6.07, 6.45) is 2.02. The van der Waals surface area contributed by atoms with Crippen molar-refractivity contribution in [1.29, 1.82) is 0 Å². The summed E-state index contributed by atoms with van der Waals surface area (Å²) in [6, 6.07) is 2.79. The first kappa shape index (κ1) is 24.5. The van der Waals surface area contributed by atoms with Crippen molar-refractivity contribution in [2.75, 3.05) is 11.1 Å². The Kier molecular flexibility index (Phi) is 5.57. The van der Waals surface area contributed by atoms with E-state index in [0.717, 1.165) is 36.0 Å². The van der Waals surface area contributed by atoms with Gasteiger partial charge in [-0.3, -0.25) is 4.79 Å². The minimum Gasteiger partial charge on any atom is -0.507 e. The number of nitrogen functional groups attached to an aromatic ring is 1. The second-order valence-electron chi connectivity index (χ2n) is 9.63. The zero-order chi connectivity index (χ0) is 26.7. The van der Waals surface area contributed by atoms with E-state index in [4.69, 9.17) is 10.7 Å². The molecule has 37 heavy (non-hydrogen) atoms. The number of carbonyl (C=O) groups is 1. The van der Waals surface area contributed by atoms with Crippen LogP contribution in [0, 0.1) is 5.92 Å². The highest BCUT2D eigenvalue weighted by Crippen LogP contribution is 2.47. The van der Waals surface area contributed by atoms with Gasteiger partial charge in [-0.1, -0.05) is 19.9 Å². The smallest absolute Gasteiger partial charge is 0.419 e. The van der Waals surface area contributed by atoms with E-state index in [-0.39, 0.29) is 28.6 Å². The Bertz CT molecular complexity index is 1550. The highest BCUT2D eigenvalue weighted by atomic mass is 19.4. The lowest BCUT2D eigenvalue weighted by Gasteiger charge is -2.24. The maximum absolute atomic E-state index is 13.1. The Morgan fingerprint density at radius 2 is 1.97 bits per heavy atom. The SMILES string of the molecule is CC(C)CCc1nc(-c2nc(N)c3c(n2)NC(=O)C3(C)c2ccc(C(F)(F)F)c(O)c2)cn2ccnc12. The Morgan fingerprint density at radius 3 is 2.65 bits per heavy atom. The molecule has 5 rings (SSSR count). The number of phenols is 1. The molecule has 3 aromatic heterocycles. The van der Waals surface area contributed by atoms with Crippen molar-refractivity contribution < 1.29 is 23.1 Å². The molecule has 0 fully saturated rings. The van der Waals surface area contributed by atoms with Crippen molar-refractivity contribution in [2.24, 2.45) is 5.92 Å². The number of rotatable bonds is 5. The number of hydrogen-bond donors (Lipinski definition) is 3. The zero-order valence-electron chi connectivity index (χ0n) is 20.3. The standard InChI is InChI=1S/C25H24F3N7O2/c1-12(2)4-7-15-22-30-8-9-35(22)11-16(31-15)20-32-19(29)18-21(33-20)34-23(37)24(18,3)13-5-6-14(17(36)10-13)25(26,27)28/h5-6,8-12,36H,4,7H2,1-3H3,(H3,29,32,33,34,37). The van der Waals surface area contributed by atoms with E-state index in [0.29, 0.717) is 18.0 Å². The van der Waals surface area contributed by atoms with Crippen LogP contribution in [-0.2, 0) is 22.8 Å². The number of fused-ring (bicyclic) bond motifs is 2. The van der Waals surface area contributed by atoms with Gasteiger partial charge in [-0.15, -0.1) is 0 Å². The molecule has 1 atom stereocenters. The molecule has 1 aliphatic rings. The Morgan fingerprint density at radius 1 is 1.22 bits per heavy atom. The van der Waals surface area contributed by atoms with Crippen LogP contribution in [0.5, 0.6) is 5.75 Å². The van der Waals surface area contributed by atoms with E-state index in [2.05, 4.69) is 34.1 Å². The summed E-state index contributed by atoms with van der Waals surface area (Å²) >= 11 is 0. The highest BCUT2D eigenvalue weighted by Gasteiger charge is 2.48. The average Bonchev–Trinajstić information content (AvgIpc) is 3.39. The van der Waals surface area contributed by atoms with Crippen molar-refractivity contribution in [3.8, 4) is 17.3 Å². The number of imidazole rings is 1. The van der Waals surface area contributed by atoms with Crippen LogP contribution in [0.4, 0.5) is 24.8 Å². The Labute approximate surface area is 209 Å². The summed E-state index contributed by atoms with van der Waals surface area (Å²) in [5, 5.41) is 12.7. The summed E-state index contributed by atoms with van der Waals surface area (Å²) in [5.74, 6) is -0.810. The molecular weight excluding hydrogens is 487 g/mol. The Hall–Kier alpha value is -4.22. The molecule has 0 saturated carbocycles. The van der Waals surface area contributed by atoms with Crippen molar-refractivity contribution in [3.63, 3.8) is 0 Å². The number of amides is 1. The van der Waals surface area contributed by atoms with Gasteiger partial charge in [0.05, 0.1) is 16.8 Å². The number of alkyl halides is 3. The maximum atomic E-state index is 13.1. The normalized spacial score (nSPS) is 17.4. The summed E-state index contributed by atoms with van der Waals surface area (Å²) in [7, 11) is 0. The predicted molar refractivity (Wildman–Crippen MR) is 130 cm³/mol. The number of aryl methyl sites for hydroxylation is 1. The number of benzene rings is 1. The van der Waals surface area contributed by atoms with Crippen LogP contribution in [0.25, 0.3) is 17.2 Å². The molecule has 0 spiro atoms. The first-order chi connectivity index (χ1) is 17.4. The van der Waals surface area contributed by atoms with E-state index in [1.54, 1.807) is 18.6 Å². The molecule has 4 N–H and O–H groups in total. The summed E-state index contributed by atoms with van der Waals surface area (Å²) in [4.78, 5) is 31.1. The molecule has 12 heteroatoms. The van der Waals surface area contributed by atoms with Crippen LogP contribution >= 0.6 is 0 Å². The summed E-state index contributed by atoms with van der Waals surface area (Å²) < 4.78 is 41.2. The quantitative estimate of drug-likeness (QED) is 0.363. The molecule has 1 amide bonds. The van der Waals surface area contributed by atoms with Gasteiger partial charge in [0.25, 0.3) is 0 Å². The zero-order valence-corrected chi connectivity index (χ0v) is 20.3. The number of anilines is 2. The number of halogens is 3. The molecule has 0 aliphatic carbocycles. The second kappa shape index (κ2) is 8.43. The van der Waals surface area contributed by atoms with E-state index < -0.39 is 28.8 Å². The fraction of sp³-hybridized carbons (Fsp3) is 0.320. The molecule has 0 radical (unpaired) electrons. The predicted octanol–water partition coefficient (Wildman–Crippen LogP) is 4.34. The van der Waals surface area contributed by atoms with Crippen LogP contribution in [0.1, 0.15) is 49.6 Å². The fourth-order valence-corrected chi connectivity index (χ4v) is 4.58. The van der Waals surface area contributed by atoms with Gasteiger partial charge in [-0.2, -0.15) is 13.2 Å². The molecule has 0 saturated heterocycles. The van der Waals surface area contributed by atoms with Gasteiger partial charge >= 0.3 is 6.18 Å². The molecule has 1 aromatic carbocycles. The molecule has 1 aliphatic heterocycles. The number of aromatic nitrogens is 5. The number of nitrogens with two attached hydrogens (primary N) is 1. The Balaban J connectivity index is 1.60. The lowest BCUT2D eigenvalue weighted by atomic mass is 9.77. The molecule has 4 heterocycles. The van der Waals surface area contributed by atoms with Gasteiger partial charge in [-0.05, 0) is 43.4 Å². The minimum atomic E-state index is -4.74. The van der Waals surface area contributed by atoms with Crippen LogP contribution in [0.15, 0.2) is 36.8 Å². The maximum Gasteiger partial charge on any atom is 0.419 e. The van der Waals surface area contributed by atoms with Crippen LogP contribution in [-0.4, -0.2) is 35.4 Å². The van der Waals surface area contributed by atoms with E-state index in [1.165, 1.54) is 6.92 Å². The van der Waals surface area contributed by atoms with Crippen LogP contribution in [0.2, 0.25) is 0 Å². The van der Waals surface area contributed by atoms with Crippen molar-refractivity contribution in [1.82, 2.24) is 24.3 Å². The first-order valence-electron chi connectivity index (χ1n) is 11.6. The number of nitrogens with zero attached hydrogens (tertiary/aromatic N) is 5. The van der Waals surface area contributed by atoms with Crippen molar-refractivity contribution in [3.05, 3.63) is 59.2 Å². The van der Waals surface area contributed by atoms with Gasteiger partial charge in [0, 0.05) is 18.6 Å². The van der Waals surface area contributed by atoms with E-state index >= 15 is 0 Å². The fourth-order valence-electron chi connectivity index (χ4n) is 4.58. The molecule has 9 nitrogen and oxygen atoms in total. The number of hydrogen-bond acceptors (Lipinski definition) is 7. The average molecular weight is 512 g/mol. The number of aromatic hydroxyl groups is 1. The molecule has 1 unspecified atom stereocenters. The number of carbonyl (C=O) groups excluding carboxylic acids is 1. The number of phenolic OH excluding ortho intramolecular Hbond substituents is 1. The van der Waals surface area contributed by atoms with Crippen LogP contribution < -0.4 is 11.1 Å². The van der Waals surface area contributed by atoms with Gasteiger partial charge in [-0.25, -0.2) is 19.9 Å². The van der Waals surface area contributed by atoms with Crippen LogP contribution in [0.3, 0.4) is 0 Å². The monoisotopic (exact) mass is 511 g/mol. The van der Waals surface area contributed by atoms with Gasteiger partial charge in [0.2, 0.25) is 5.91 Å². The van der Waals surface area contributed by atoms with Crippen molar-refractivity contribution in [2.45, 2.75) is 45.2 Å². The topological polar surface area (TPSA) is 131 Å². The largest absolute Gasteiger partial charge is 0.507 e. The molecule has 4 aromatic rings. The summed E-state index contributed by atoms with van der Waals surface area (Å²) in [5.41, 5.74) is 5.84. The third-order valence-electron chi connectivity index (χ3n) is 6.63. The van der Waals surface area contributed by atoms with E-state index in [1.807, 2.05) is 4.40 Å². The third kappa shape index (κ3) is 4.02. The van der Waals surface area contributed by atoms with Crippen molar-refractivity contribution >= 4 is 23.2 Å². The second-order valence-corrected chi connectivity index (χ2v) is 9.63. The van der Waals surface area contributed by atoms with Gasteiger partial charge < -0.3 is 20.6 Å². The summed E-state index contributed by atoms with van der Waals surface area (Å²) in [6.45, 7) is 5.73. The molecule has 192 valence electrons. The first-order valence-corrected chi connectivity index (χ1v) is 11.6. The highest BCUT2D eigenvalue weighted by molar-refractivity contribution is 6.09. The minimum absolute atomic E-state index is 0.0310. The van der Waals surface area contributed by atoms with E-state index in [9.17, 15) is 23.1 Å². The molecular formula is C25H24F3N7O2. The lowest BCUT2D eigenvalue weighted by molar-refractivity contribution is -0.138. The molecule has 0 bridgehead atoms. The lowest BCUT2D eigenvalue weighted by Crippen LogP contribution is -2.33. The number of nitrogens with one attached hydrogen (secondary N) is 1. The third-order valence-corrected chi connectivity index (χ3v) is 6.63.